The van der Waals surface area contributed by atoms with Crippen molar-refractivity contribution in [2.75, 3.05) is 7.05 Å². The lowest BCUT2D eigenvalue weighted by atomic mass is 10.1. The van der Waals surface area contributed by atoms with Crippen LogP contribution in [0, 0.1) is 5.82 Å². The van der Waals surface area contributed by atoms with Gasteiger partial charge >= 0.3 is 5.97 Å². The lowest BCUT2D eigenvalue weighted by Gasteiger charge is -2.18. The van der Waals surface area contributed by atoms with Gasteiger partial charge in [-0.05, 0) is 42.4 Å². The second-order valence-corrected chi connectivity index (χ2v) is 5.28. The molecule has 2 aromatic rings. The van der Waals surface area contributed by atoms with E-state index in [1.807, 2.05) is 30.1 Å². The van der Waals surface area contributed by atoms with Crippen LogP contribution in [0.4, 0.5) is 4.39 Å². The van der Waals surface area contributed by atoms with E-state index in [1.165, 1.54) is 12.1 Å². The fourth-order valence-electron chi connectivity index (χ4n) is 2.17. The number of nitrogens with zero attached hydrogens (tertiary/aromatic N) is 1. The van der Waals surface area contributed by atoms with Crippen molar-refractivity contribution < 1.29 is 14.3 Å². The Hall–Kier alpha value is -1.91. The highest BCUT2D eigenvalue weighted by Crippen LogP contribution is 2.19. The Labute approximate surface area is 127 Å². The Bertz CT molecular complexity index is 660. The minimum absolute atomic E-state index is 0.113. The van der Waals surface area contributed by atoms with E-state index in [0.29, 0.717) is 23.7 Å². The van der Waals surface area contributed by atoms with Crippen LogP contribution < -0.4 is 0 Å². The summed E-state index contributed by atoms with van der Waals surface area (Å²) >= 11 is 6.10. The van der Waals surface area contributed by atoms with Crippen molar-refractivity contribution in [3.05, 3.63) is 70.0 Å². The molecule has 21 heavy (non-hydrogen) atoms. The number of rotatable bonds is 5. The average molecular weight is 308 g/mol. The zero-order chi connectivity index (χ0) is 15.4. The van der Waals surface area contributed by atoms with Crippen molar-refractivity contribution in [1.82, 2.24) is 4.90 Å². The van der Waals surface area contributed by atoms with Crippen LogP contribution in [0.2, 0.25) is 5.02 Å². The number of hydrogen-bond donors (Lipinski definition) is 1. The third-order valence-electron chi connectivity index (χ3n) is 3.14. The van der Waals surface area contributed by atoms with Gasteiger partial charge in [-0.3, -0.25) is 4.90 Å². The molecule has 0 aliphatic rings. The molecule has 0 bridgehead atoms. The van der Waals surface area contributed by atoms with Gasteiger partial charge in [0.1, 0.15) is 5.82 Å². The van der Waals surface area contributed by atoms with Crippen LogP contribution >= 0.6 is 11.6 Å². The normalized spacial score (nSPS) is 10.9. The zero-order valence-electron chi connectivity index (χ0n) is 11.5. The number of carboxylic acid groups (broad SMARTS) is 1. The second kappa shape index (κ2) is 6.70. The molecule has 0 heterocycles. The third-order valence-corrected chi connectivity index (χ3v) is 3.50. The molecule has 0 unspecified atom stereocenters. The number of aromatic carboxylic acids is 1. The summed E-state index contributed by atoms with van der Waals surface area (Å²) in [5, 5.41) is 9.80. The van der Waals surface area contributed by atoms with Crippen LogP contribution in [0.5, 0.6) is 0 Å². The van der Waals surface area contributed by atoms with Crippen LogP contribution in [-0.4, -0.2) is 23.0 Å². The van der Waals surface area contributed by atoms with Crippen LogP contribution in [0.1, 0.15) is 21.5 Å². The minimum atomic E-state index is -1.06. The first kappa shape index (κ1) is 15.5. The van der Waals surface area contributed by atoms with E-state index in [9.17, 15) is 9.18 Å². The van der Waals surface area contributed by atoms with Crippen molar-refractivity contribution in [3.63, 3.8) is 0 Å². The maximum Gasteiger partial charge on any atom is 0.336 e. The monoisotopic (exact) mass is 307 g/mol. The molecular weight excluding hydrogens is 293 g/mol. The fraction of sp³-hybridized carbons (Fsp3) is 0.188. The molecule has 0 saturated heterocycles. The van der Waals surface area contributed by atoms with Crippen LogP contribution in [0.15, 0.2) is 42.5 Å². The fourth-order valence-corrected chi connectivity index (χ4v) is 2.36. The zero-order valence-corrected chi connectivity index (χ0v) is 12.3. The standard InChI is InChI=1S/C16H15ClFNO2/c1-19(9-11-4-2-3-5-15(11)17)10-12-8-13(18)6-7-14(12)16(20)21/h2-8H,9-10H2,1H3,(H,20,21). The van der Waals surface area contributed by atoms with Gasteiger partial charge in [-0.25, -0.2) is 9.18 Å². The molecule has 0 aromatic heterocycles. The first-order valence-corrected chi connectivity index (χ1v) is 6.79. The van der Waals surface area contributed by atoms with Gasteiger partial charge in [-0.2, -0.15) is 0 Å². The first-order chi connectivity index (χ1) is 9.97. The van der Waals surface area contributed by atoms with Gasteiger partial charge in [0.05, 0.1) is 5.56 Å². The molecule has 0 fully saturated rings. The van der Waals surface area contributed by atoms with Crippen molar-refractivity contribution in [2.45, 2.75) is 13.1 Å². The molecule has 3 nitrogen and oxygen atoms in total. The molecule has 0 spiro atoms. The smallest absolute Gasteiger partial charge is 0.336 e. The summed E-state index contributed by atoms with van der Waals surface area (Å²) in [4.78, 5) is 13.1. The predicted molar refractivity (Wildman–Crippen MR) is 80.0 cm³/mol. The highest BCUT2D eigenvalue weighted by Gasteiger charge is 2.13. The highest BCUT2D eigenvalue weighted by molar-refractivity contribution is 6.31. The molecule has 0 aliphatic heterocycles. The summed E-state index contributed by atoms with van der Waals surface area (Å²) in [6.07, 6.45) is 0. The lowest BCUT2D eigenvalue weighted by Crippen LogP contribution is -2.19. The van der Waals surface area contributed by atoms with E-state index in [-0.39, 0.29) is 5.56 Å². The van der Waals surface area contributed by atoms with E-state index >= 15 is 0 Å². The van der Waals surface area contributed by atoms with Crippen LogP contribution in [-0.2, 0) is 13.1 Å². The van der Waals surface area contributed by atoms with Crippen molar-refractivity contribution in [1.29, 1.82) is 0 Å². The summed E-state index contributed by atoms with van der Waals surface area (Å²) in [5.41, 5.74) is 1.49. The maximum atomic E-state index is 13.3. The molecule has 110 valence electrons. The Kier molecular flexibility index (Phi) is 4.94. The van der Waals surface area contributed by atoms with E-state index in [4.69, 9.17) is 16.7 Å². The Morgan fingerprint density at radius 2 is 1.86 bits per heavy atom. The molecule has 0 aliphatic carbocycles. The second-order valence-electron chi connectivity index (χ2n) is 4.87. The summed E-state index contributed by atoms with van der Waals surface area (Å²) in [5.74, 6) is -1.50. The van der Waals surface area contributed by atoms with Crippen molar-refractivity contribution >= 4 is 17.6 Å². The van der Waals surface area contributed by atoms with Gasteiger partial charge in [-0.15, -0.1) is 0 Å². The van der Waals surface area contributed by atoms with Gasteiger partial charge in [0.2, 0.25) is 0 Å². The number of carbonyl (C=O) groups is 1. The summed E-state index contributed by atoms with van der Waals surface area (Å²) < 4.78 is 13.3. The predicted octanol–water partition coefficient (Wildman–Crippen LogP) is 3.81. The number of halogens is 2. The van der Waals surface area contributed by atoms with Crippen molar-refractivity contribution in [2.24, 2.45) is 0 Å². The molecule has 0 saturated carbocycles. The van der Waals surface area contributed by atoms with Gasteiger partial charge in [0.25, 0.3) is 0 Å². The quantitative estimate of drug-likeness (QED) is 0.913. The van der Waals surface area contributed by atoms with Gasteiger partial charge < -0.3 is 5.11 Å². The topological polar surface area (TPSA) is 40.5 Å². The van der Waals surface area contributed by atoms with E-state index < -0.39 is 11.8 Å². The largest absolute Gasteiger partial charge is 0.478 e. The van der Waals surface area contributed by atoms with E-state index in [1.54, 1.807) is 6.07 Å². The van der Waals surface area contributed by atoms with E-state index in [2.05, 4.69) is 0 Å². The third kappa shape index (κ3) is 4.03. The Balaban J connectivity index is 2.16. The lowest BCUT2D eigenvalue weighted by molar-refractivity contribution is 0.0694. The molecule has 0 radical (unpaired) electrons. The SMILES string of the molecule is CN(Cc1ccccc1Cl)Cc1cc(F)ccc1C(=O)O. The minimum Gasteiger partial charge on any atom is -0.478 e. The average Bonchev–Trinajstić information content (AvgIpc) is 2.41. The van der Waals surface area contributed by atoms with E-state index in [0.717, 1.165) is 11.6 Å². The molecule has 2 rings (SSSR count). The number of benzene rings is 2. The number of carboxylic acids is 1. The molecule has 1 N–H and O–H groups in total. The molecule has 5 heteroatoms. The maximum absolute atomic E-state index is 13.3. The Morgan fingerprint density at radius 3 is 2.52 bits per heavy atom. The highest BCUT2D eigenvalue weighted by atomic mass is 35.5. The van der Waals surface area contributed by atoms with Gasteiger partial charge in [-0.1, -0.05) is 29.8 Å². The van der Waals surface area contributed by atoms with Crippen molar-refractivity contribution in [3.8, 4) is 0 Å². The number of hydrogen-bond acceptors (Lipinski definition) is 2. The molecule has 0 atom stereocenters. The Morgan fingerprint density at radius 1 is 1.19 bits per heavy atom. The summed E-state index contributed by atoms with van der Waals surface area (Å²) in [7, 11) is 1.83. The molecule has 2 aromatic carbocycles. The van der Waals surface area contributed by atoms with Crippen LogP contribution in [0.25, 0.3) is 0 Å². The first-order valence-electron chi connectivity index (χ1n) is 6.41. The summed E-state index contributed by atoms with van der Waals surface area (Å²) in [6.45, 7) is 0.875. The van der Waals surface area contributed by atoms with Gasteiger partial charge in [0, 0.05) is 18.1 Å². The molecular formula is C16H15ClFNO2. The van der Waals surface area contributed by atoms with Crippen LogP contribution in [0.3, 0.4) is 0 Å². The molecule has 0 amide bonds. The summed E-state index contributed by atoms with van der Waals surface area (Å²) in [6, 6.07) is 11.1. The van der Waals surface area contributed by atoms with Gasteiger partial charge in [0.15, 0.2) is 0 Å².